The molecule has 0 saturated heterocycles. The van der Waals surface area contributed by atoms with Crippen LogP contribution in [-0.2, 0) is 5.92 Å². The summed E-state index contributed by atoms with van der Waals surface area (Å²) in [5.74, 6) is -2.14. The largest absolute Gasteiger partial charge is 0.413 e. The van der Waals surface area contributed by atoms with Crippen LogP contribution in [0.4, 0.5) is 22.0 Å². The molecule has 35 heavy (non-hydrogen) atoms. The molecule has 0 heterocycles. The second kappa shape index (κ2) is 13.4. The van der Waals surface area contributed by atoms with E-state index in [2.05, 4.69) is 51.6 Å². The molecule has 1 atom stereocenters. The van der Waals surface area contributed by atoms with Crippen LogP contribution in [0.2, 0.25) is 0 Å². The van der Waals surface area contributed by atoms with E-state index in [1.165, 1.54) is 35.8 Å². The maximum atomic E-state index is 13.6. The van der Waals surface area contributed by atoms with Crippen LogP contribution in [0.1, 0.15) is 73.8 Å². The van der Waals surface area contributed by atoms with Gasteiger partial charge < -0.3 is 0 Å². The van der Waals surface area contributed by atoms with E-state index < -0.39 is 17.7 Å². The Morgan fingerprint density at radius 3 is 1.89 bits per heavy atom. The zero-order valence-electron chi connectivity index (χ0n) is 21.4. The number of hydrogen-bond acceptors (Lipinski definition) is 0. The number of alkyl halides is 5. The Kier molecular flexibility index (Phi) is 11.6. The average Bonchev–Trinajstić information content (AvgIpc) is 3.35. The minimum absolute atomic E-state index is 0.0764. The lowest BCUT2D eigenvalue weighted by Gasteiger charge is -2.20. The number of halogens is 5. The van der Waals surface area contributed by atoms with Crippen LogP contribution in [0.5, 0.6) is 0 Å². The van der Waals surface area contributed by atoms with Crippen molar-refractivity contribution in [3.05, 3.63) is 113 Å². The second-order valence-electron chi connectivity index (χ2n) is 8.86. The monoisotopic (exact) mass is 491 g/mol. The Labute approximate surface area is 207 Å². The maximum Gasteiger partial charge on any atom is 0.413 e. The number of hydrogen-bond donors (Lipinski definition) is 0. The molecule has 0 nitrogen and oxygen atoms in total. The molecule has 3 rings (SSSR count). The smallest absolute Gasteiger partial charge is 0.197 e. The zero-order chi connectivity index (χ0) is 26.8. The molecule has 2 aromatic carbocycles. The Morgan fingerprint density at radius 1 is 0.857 bits per heavy atom. The van der Waals surface area contributed by atoms with E-state index >= 15 is 0 Å². The van der Waals surface area contributed by atoms with Gasteiger partial charge in [0.25, 0.3) is 5.92 Å². The third-order valence-electron chi connectivity index (χ3n) is 5.84. The van der Waals surface area contributed by atoms with Crippen molar-refractivity contribution in [1.82, 2.24) is 0 Å². The fourth-order valence-corrected chi connectivity index (χ4v) is 3.77. The van der Waals surface area contributed by atoms with Crippen molar-refractivity contribution in [3.63, 3.8) is 0 Å². The van der Waals surface area contributed by atoms with Crippen LogP contribution in [0, 0.1) is 20.3 Å². The topological polar surface area (TPSA) is 0 Å². The van der Waals surface area contributed by atoms with E-state index in [1.807, 2.05) is 26.8 Å². The lowest BCUT2D eigenvalue weighted by atomic mass is 9.89. The second-order valence-corrected chi connectivity index (χ2v) is 8.86. The molecule has 0 amide bonds. The van der Waals surface area contributed by atoms with Crippen molar-refractivity contribution in [2.45, 2.75) is 71.9 Å². The van der Waals surface area contributed by atoms with Crippen LogP contribution in [0.25, 0.3) is 0 Å². The highest BCUT2D eigenvalue weighted by Gasteiger charge is 2.33. The van der Waals surface area contributed by atoms with Gasteiger partial charge in [-0.15, -0.1) is 0 Å². The summed E-state index contributed by atoms with van der Waals surface area (Å²) in [6, 6.07) is 13.6. The summed E-state index contributed by atoms with van der Waals surface area (Å²) in [5.41, 5.74) is 4.04. The summed E-state index contributed by atoms with van der Waals surface area (Å²) in [4.78, 5) is 0. The summed E-state index contributed by atoms with van der Waals surface area (Å²) in [7, 11) is 0. The van der Waals surface area contributed by atoms with Crippen molar-refractivity contribution in [2.24, 2.45) is 0 Å². The van der Waals surface area contributed by atoms with Gasteiger partial charge in [-0.05, 0) is 60.4 Å². The normalized spacial score (nSPS) is 13.9. The van der Waals surface area contributed by atoms with E-state index in [1.54, 1.807) is 6.07 Å². The summed E-state index contributed by atoms with van der Waals surface area (Å²) in [6.45, 7) is 15.6. The molecule has 5 heteroatoms. The van der Waals surface area contributed by atoms with Crippen LogP contribution in [0.15, 0.2) is 78.9 Å². The fourth-order valence-electron chi connectivity index (χ4n) is 3.77. The SMILES string of the molecule is C=CC(F)(F)c1cccc(C)c1C(C)C.CCC(C)c1ccccc1C.FC(F)(F)C1=CC=C[CH]1. The quantitative estimate of drug-likeness (QED) is 0.288. The first kappa shape index (κ1) is 30.3. The van der Waals surface area contributed by atoms with Crippen LogP contribution >= 0.6 is 0 Å². The molecule has 1 unspecified atom stereocenters. The highest BCUT2D eigenvalue weighted by Crippen LogP contribution is 2.36. The van der Waals surface area contributed by atoms with Crippen molar-refractivity contribution in [2.75, 3.05) is 0 Å². The third-order valence-corrected chi connectivity index (χ3v) is 5.84. The van der Waals surface area contributed by atoms with Crippen LogP contribution in [0.3, 0.4) is 0 Å². The van der Waals surface area contributed by atoms with Crippen molar-refractivity contribution in [1.29, 1.82) is 0 Å². The van der Waals surface area contributed by atoms with E-state index in [0.717, 1.165) is 23.6 Å². The molecular weight excluding hydrogens is 455 g/mol. The summed E-state index contributed by atoms with van der Waals surface area (Å²) in [5, 5.41) is 0. The molecule has 191 valence electrons. The van der Waals surface area contributed by atoms with Gasteiger partial charge in [0.2, 0.25) is 0 Å². The zero-order valence-corrected chi connectivity index (χ0v) is 21.4. The number of benzene rings is 2. The van der Waals surface area contributed by atoms with Gasteiger partial charge in [0.15, 0.2) is 0 Å². The van der Waals surface area contributed by atoms with Crippen LogP contribution in [-0.4, -0.2) is 6.18 Å². The molecule has 0 saturated carbocycles. The van der Waals surface area contributed by atoms with Gasteiger partial charge in [0, 0.05) is 17.6 Å². The molecule has 0 aromatic heterocycles. The number of rotatable bonds is 5. The minimum Gasteiger partial charge on any atom is -0.197 e. The molecule has 1 aliphatic rings. The first-order valence-corrected chi connectivity index (χ1v) is 11.7. The molecule has 1 radical (unpaired) electrons. The Bertz CT molecular complexity index is 1010. The lowest BCUT2D eigenvalue weighted by molar-refractivity contribution is -0.0891. The van der Waals surface area contributed by atoms with E-state index in [0.29, 0.717) is 12.0 Å². The van der Waals surface area contributed by atoms with E-state index in [-0.39, 0.29) is 11.5 Å². The number of aryl methyl sites for hydroxylation is 2. The van der Waals surface area contributed by atoms with Crippen molar-refractivity contribution >= 4 is 0 Å². The molecule has 1 aliphatic carbocycles. The minimum atomic E-state index is -4.18. The first-order chi connectivity index (χ1) is 16.3. The van der Waals surface area contributed by atoms with Gasteiger partial charge in [-0.2, -0.15) is 22.0 Å². The molecule has 2 aromatic rings. The van der Waals surface area contributed by atoms with Crippen LogP contribution < -0.4 is 0 Å². The van der Waals surface area contributed by atoms with Gasteiger partial charge in [0.05, 0.1) is 0 Å². The van der Waals surface area contributed by atoms with Gasteiger partial charge in [-0.25, -0.2) is 0 Å². The van der Waals surface area contributed by atoms with Crippen molar-refractivity contribution in [3.8, 4) is 0 Å². The van der Waals surface area contributed by atoms with Gasteiger partial charge in [0.1, 0.15) is 0 Å². The van der Waals surface area contributed by atoms with Crippen molar-refractivity contribution < 1.29 is 22.0 Å². The molecule has 0 N–H and O–H groups in total. The van der Waals surface area contributed by atoms with Gasteiger partial charge >= 0.3 is 6.18 Å². The molecule has 0 aliphatic heterocycles. The molecule has 0 fully saturated rings. The molecular formula is C30H36F5. The van der Waals surface area contributed by atoms with Gasteiger partial charge in [-0.3, -0.25) is 0 Å². The maximum absolute atomic E-state index is 13.6. The average molecular weight is 492 g/mol. The standard InChI is InChI=1S/C13H16F2.C11H16.C6H4F3/c1-5-13(14,15)11-8-6-7-10(4)12(11)9(2)3;1-4-9(2)11-8-6-5-7-10(11)3;7-6(8,9)5-3-1-2-4-5/h5-9H,1H2,2-4H3;5-9H,4H2,1-3H3;1-4H. The summed E-state index contributed by atoms with van der Waals surface area (Å²) < 4.78 is 62.0. The first-order valence-electron chi connectivity index (χ1n) is 11.7. The third kappa shape index (κ3) is 9.12. The predicted molar refractivity (Wildman–Crippen MR) is 137 cm³/mol. The highest BCUT2D eigenvalue weighted by atomic mass is 19.4. The molecule has 0 spiro atoms. The van der Waals surface area contributed by atoms with Gasteiger partial charge in [-0.1, -0.05) is 95.0 Å². The summed E-state index contributed by atoms with van der Waals surface area (Å²) in [6.07, 6.45) is 2.56. The predicted octanol–water partition coefficient (Wildman–Crippen LogP) is 10.2. The van der Waals surface area contributed by atoms with E-state index in [9.17, 15) is 22.0 Å². The van der Waals surface area contributed by atoms with E-state index in [4.69, 9.17) is 0 Å². The highest BCUT2D eigenvalue weighted by molar-refractivity contribution is 5.41. The number of allylic oxidation sites excluding steroid dienone is 5. The molecule has 0 bridgehead atoms. The lowest BCUT2D eigenvalue weighted by Crippen LogP contribution is -2.14. The Hall–Kier alpha value is -2.69. The Balaban J connectivity index is 0.000000272. The fraction of sp³-hybridized carbons (Fsp3) is 0.367. The summed E-state index contributed by atoms with van der Waals surface area (Å²) >= 11 is 0. The Morgan fingerprint density at radius 2 is 1.46 bits per heavy atom.